The number of rotatable bonds is 1. The highest BCUT2D eigenvalue weighted by atomic mass is 31.1. The first-order valence-electron chi connectivity index (χ1n) is 4.34. The predicted molar refractivity (Wildman–Crippen MR) is 56.3 cm³/mol. The molecule has 1 heterocycles. The Morgan fingerprint density at radius 3 is 2.36 bits per heavy atom. The van der Waals surface area contributed by atoms with Gasteiger partial charge in [0.15, 0.2) is 0 Å². The molecule has 1 aliphatic carbocycles. The van der Waals surface area contributed by atoms with Gasteiger partial charge in [-0.1, -0.05) is 36.7 Å². The van der Waals surface area contributed by atoms with Gasteiger partial charge < -0.3 is 0 Å². The van der Waals surface area contributed by atoms with Crippen LogP contribution in [-0.4, -0.2) is 18.6 Å². The highest BCUT2D eigenvalue weighted by molar-refractivity contribution is 7.52. The monoisotopic (exact) mass is 182 g/mol. The van der Waals surface area contributed by atoms with Crippen LogP contribution in [0.25, 0.3) is 0 Å². The second-order valence-corrected chi connectivity index (χ2v) is 11.4. The van der Waals surface area contributed by atoms with Crippen molar-refractivity contribution in [1.29, 1.82) is 0 Å². The Bertz CT molecular complexity index is 234. The van der Waals surface area contributed by atoms with Crippen molar-refractivity contribution >= 4 is 21.2 Å². The number of allylic oxidation sites excluding steroid dienone is 2. The van der Waals surface area contributed by atoms with Crippen molar-refractivity contribution in [3.8, 4) is 0 Å². The summed E-state index contributed by atoms with van der Waals surface area (Å²) in [5.74, 6) is 0.883. The Morgan fingerprint density at radius 2 is 2.09 bits per heavy atom. The van der Waals surface area contributed by atoms with E-state index in [4.69, 9.17) is 0 Å². The van der Waals surface area contributed by atoms with Crippen LogP contribution in [0.15, 0.2) is 12.2 Å². The molecule has 0 amide bonds. The normalized spacial score (nSPS) is 36.1. The van der Waals surface area contributed by atoms with Crippen LogP contribution in [0.5, 0.6) is 0 Å². The molecule has 0 saturated heterocycles. The first-order valence-corrected chi connectivity index (χ1v) is 8.80. The van der Waals surface area contributed by atoms with Gasteiger partial charge in [-0.15, -0.1) is 8.20 Å². The zero-order chi connectivity index (χ0) is 8.06. The van der Waals surface area contributed by atoms with Gasteiger partial charge in [0.1, 0.15) is 0 Å². The standard InChI is InChI=1S/C9H15PSi/c1-11(2,3)9-7-4-5-8(6-7)10-9/h4-5,7-8H,6H2,1-3H3. The minimum Gasteiger partial charge on any atom is -0.102 e. The summed E-state index contributed by atoms with van der Waals surface area (Å²) < 4.78 is 0. The Kier molecular flexibility index (Phi) is 1.63. The molecule has 0 nitrogen and oxygen atoms in total. The fourth-order valence-corrected chi connectivity index (χ4v) is 6.63. The molecular weight excluding hydrogens is 167 g/mol. The average Bonchev–Trinajstić information content (AvgIpc) is 2.42. The van der Waals surface area contributed by atoms with Crippen LogP contribution in [0, 0.1) is 5.92 Å². The summed E-state index contributed by atoms with van der Waals surface area (Å²) in [4.78, 5) is 1.89. The van der Waals surface area contributed by atoms with Gasteiger partial charge in [-0.25, -0.2) is 0 Å². The fraction of sp³-hybridized carbons (Fsp3) is 0.667. The van der Waals surface area contributed by atoms with Crippen LogP contribution in [0.4, 0.5) is 0 Å². The van der Waals surface area contributed by atoms with Crippen LogP contribution in [0.2, 0.25) is 19.6 Å². The zero-order valence-electron chi connectivity index (χ0n) is 7.46. The summed E-state index contributed by atoms with van der Waals surface area (Å²) in [6.07, 6.45) is 6.28. The van der Waals surface area contributed by atoms with E-state index in [2.05, 4.69) is 31.8 Å². The molecule has 0 aromatic rings. The third kappa shape index (κ3) is 1.25. The average molecular weight is 182 g/mol. The second kappa shape index (κ2) is 2.31. The lowest BCUT2D eigenvalue weighted by molar-refractivity contribution is 0.850. The Morgan fingerprint density at radius 1 is 1.36 bits per heavy atom. The quantitative estimate of drug-likeness (QED) is 0.332. The van der Waals surface area contributed by atoms with E-state index in [-0.39, 0.29) is 0 Å². The van der Waals surface area contributed by atoms with Gasteiger partial charge in [-0.2, -0.15) is 0 Å². The van der Waals surface area contributed by atoms with E-state index in [0.717, 1.165) is 11.6 Å². The first-order chi connectivity index (χ1) is 5.07. The summed E-state index contributed by atoms with van der Waals surface area (Å²) in [6.45, 7) is 7.43. The smallest absolute Gasteiger partial charge is 0.0787 e. The minimum atomic E-state index is -0.925. The SMILES string of the molecule is C[Si](C)(C)C1=PC2C=CC1C2. The van der Waals surface area contributed by atoms with E-state index < -0.39 is 8.07 Å². The van der Waals surface area contributed by atoms with Crippen molar-refractivity contribution in [3.63, 3.8) is 0 Å². The maximum atomic E-state index is 2.48. The van der Waals surface area contributed by atoms with E-state index in [1.807, 2.05) is 4.92 Å². The molecule has 11 heavy (non-hydrogen) atoms. The molecule has 60 valence electrons. The van der Waals surface area contributed by atoms with Crippen LogP contribution < -0.4 is 0 Å². The van der Waals surface area contributed by atoms with E-state index >= 15 is 0 Å². The van der Waals surface area contributed by atoms with E-state index in [0.29, 0.717) is 0 Å². The molecule has 2 unspecified atom stereocenters. The van der Waals surface area contributed by atoms with Gasteiger partial charge in [0.25, 0.3) is 0 Å². The van der Waals surface area contributed by atoms with Gasteiger partial charge in [0, 0.05) is 5.66 Å². The summed E-state index contributed by atoms with van der Waals surface area (Å²) in [7, 11) is 0.747. The fourth-order valence-electron chi connectivity index (χ4n) is 2.00. The number of fused-ring (bicyclic) bond motifs is 2. The maximum Gasteiger partial charge on any atom is 0.0787 e. The van der Waals surface area contributed by atoms with Crippen molar-refractivity contribution in [2.75, 3.05) is 0 Å². The van der Waals surface area contributed by atoms with Crippen molar-refractivity contribution in [2.45, 2.75) is 31.7 Å². The molecule has 2 aliphatic rings. The zero-order valence-corrected chi connectivity index (χ0v) is 9.36. The number of hydrogen-bond donors (Lipinski definition) is 0. The molecule has 0 spiro atoms. The topological polar surface area (TPSA) is 0 Å². The molecular formula is C9H15PSi. The van der Waals surface area contributed by atoms with E-state index in [9.17, 15) is 0 Å². The lowest BCUT2D eigenvalue weighted by Crippen LogP contribution is -2.35. The highest BCUT2D eigenvalue weighted by Crippen LogP contribution is 2.41. The molecule has 0 aromatic heterocycles. The summed E-state index contributed by atoms with van der Waals surface area (Å²) in [5.41, 5.74) is 0.904. The minimum absolute atomic E-state index is 0.883. The molecule has 0 aromatic carbocycles. The molecule has 0 saturated carbocycles. The van der Waals surface area contributed by atoms with Crippen molar-refractivity contribution in [2.24, 2.45) is 5.92 Å². The van der Waals surface area contributed by atoms with E-state index in [1.54, 1.807) is 8.20 Å². The van der Waals surface area contributed by atoms with Crippen molar-refractivity contribution in [1.82, 2.24) is 0 Å². The van der Waals surface area contributed by atoms with Gasteiger partial charge in [-0.05, 0) is 12.3 Å². The summed E-state index contributed by atoms with van der Waals surface area (Å²) in [6, 6.07) is 0. The van der Waals surface area contributed by atoms with Gasteiger partial charge in [0.2, 0.25) is 0 Å². The Balaban J connectivity index is 2.26. The Labute approximate surface area is 71.5 Å². The molecule has 2 heteroatoms. The van der Waals surface area contributed by atoms with Gasteiger partial charge in [-0.3, -0.25) is 0 Å². The third-order valence-electron chi connectivity index (χ3n) is 2.49. The lowest BCUT2D eigenvalue weighted by Gasteiger charge is -2.22. The van der Waals surface area contributed by atoms with Crippen molar-refractivity contribution < 1.29 is 0 Å². The molecule has 2 rings (SSSR count). The van der Waals surface area contributed by atoms with Crippen LogP contribution in [-0.2, 0) is 0 Å². The Hall–Kier alpha value is 0.127. The van der Waals surface area contributed by atoms with Crippen LogP contribution >= 0.6 is 8.20 Å². The summed E-state index contributed by atoms with van der Waals surface area (Å²) in [5, 5.41) is 0. The van der Waals surface area contributed by atoms with E-state index in [1.165, 1.54) is 6.42 Å². The highest BCUT2D eigenvalue weighted by Gasteiger charge is 2.35. The second-order valence-electron chi connectivity index (χ2n) is 4.56. The van der Waals surface area contributed by atoms with Gasteiger partial charge >= 0.3 is 0 Å². The van der Waals surface area contributed by atoms with Crippen LogP contribution in [0.3, 0.4) is 0 Å². The number of hydrogen-bond acceptors (Lipinski definition) is 0. The van der Waals surface area contributed by atoms with Gasteiger partial charge in [0.05, 0.1) is 8.07 Å². The molecule has 2 atom stereocenters. The predicted octanol–water partition coefficient (Wildman–Crippen LogP) is 2.94. The molecule has 1 aliphatic heterocycles. The molecule has 0 N–H and O–H groups in total. The molecule has 0 fully saturated rings. The maximum absolute atomic E-state index is 2.48. The largest absolute Gasteiger partial charge is 0.102 e. The van der Waals surface area contributed by atoms with Crippen LogP contribution in [0.1, 0.15) is 6.42 Å². The van der Waals surface area contributed by atoms with Crippen molar-refractivity contribution in [3.05, 3.63) is 12.2 Å². The molecule has 2 bridgehead atoms. The molecule has 0 radical (unpaired) electrons. The first kappa shape index (κ1) is 7.76. The summed E-state index contributed by atoms with van der Waals surface area (Å²) >= 11 is 0. The lowest BCUT2D eigenvalue weighted by atomic mass is 10.2. The third-order valence-corrected chi connectivity index (χ3v) is 8.12.